The Morgan fingerprint density at radius 2 is 1.73 bits per heavy atom. The fourth-order valence-electron chi connectivity index (χ4n) is 1.49. The normalized spacial score (nSPS) is 11.7. The van der Waals surface area contributed by atoms with Gasteiger partial charge in [0, 0.05) is 12.1 Å². The van der Waals surface area contributed by atoms with Crippen LogP contribution >= 0.6 is 0 Å². The topological polar surface area (TPSA) is 38.0 Å². The Bertz CT molecular complexity index is 300. The molecular formula is C13H22N2. The summed E-state index contributed by atoms with van der Waals surface area (Å²) in [5.41, 5.74) is 8.47. The van der Waals surface area contributed by atoms with Gasteiger partial charge in [-0.05, 0) is 44.9 Å². The van der Waals surface area contributed by atoms with Crippen LogP contribution in [0.15, 0.2) is 24.3 Å². The molecule has 1 rings (SSSR count). The van der Waals surface area contributed by atoms with Crippen molar-refractivity contribution in [3.05, 3.63) is 35.4 Å². The van der Waals surface area contributed by atoms with Gasteiger partial charge in [0.2, 0.25) is 0 Å². The van der Waals surface area contributed by atoms with Gasteiger partial charge in [-0.3, -0.25) is 0 Å². The minimum absolute atomic E-state index is 0.163. The van der Waals surface area contributed by atoms with E-state index >= 15 is 0 Å². The first kappa shape index (κ1) is 12.2. The standard InChI is InChI=1S/C13H22N2/c1-13(2,3)15-10-12-7-5-4-6-11(12)8-9-14/h4-7,15H,8-10,14H2,1-3H3. The molecule has 3 N–H and O–H groups in total. The summed E-state index contributed by atoms with van der Waals surface area (Å²) in [5.74, 6) is 0. The number of nitrogens with two attached hydrogens (primary N) is 1. The maximum absolute atomic E-state index is 5.59. The molecule has 0 spiro atoms. The molecule has 84 valence electrons. The smallest absolute Gasteiger partial charge is 0.0213 e. The highest BCUT2D eigenvalue weighted by atomic mass is 14.9. The Kier molecular flexibility index (Phi) is 4.30. The lowest BCUT2D eigenvalue weighted by atomic mass is 10.0. The van der Waals surface area contributed by atoms with Crippen LogP contribution < -0.4 is 11.1 Å². The average molecular weight is 206 g/mol. The van der Waals surface area contributed by atoms with Crippen LogP contribution in [0.25, 0.3) is 0 Å². The van der Waals surface area contributed by atoms with Gasteiger partial charge in [-0.1, -0.05) is 24.3 Å². The Hall–Kier alpha value is -0.860. The Morgan fingerprint density at radius 3 is 2.27 bits per heavy atom. The number of hydrogen-bond donors (Lipinski definition) is 2. The highest BCUT2D eigenvalue weighted by Gasteiger charge is 2.09. The van der Waals surface area contributed by atoms with Crippen LogP contribution in [-0.2, 0) is 13.0 Å². The van der Waals surface area contributed by atoms with Crippen molar-refractivity contribution in [3.8, 4) is 0 Å². The molecule has 15 heavy (non-hydrogen) atoms. The zero-order valence-electron chi connectivity index (χ0n) is 10.0. The zero-order chi connectivity index (χ0) is 11.3. The van der Waals surface area contributed by atoms with E-state index in [1.54, 1.807) is 0 Å². The van der Waals surface area contributed by atoms with E-state index in [2.05, 4.69) is 50.4 Å². The fraction of sp³-hybridized carbons (Fsp3) is 0.538. The molecule has 2 heteroatoms. The van der Waals surface area contributed by atoms with Crippen molar-refractivity contribution < 1.29 is 0 Å². The van der Waals surface area contributed by atoms with Crippen molar-refractivity contribution in [1.82, 2.24) is 5.32 Å². The molecule has 0 aromatic heterocycles. The summed E-state index contributed by atoms with van der Waals surface area (Å²) < 4.78 is 0. The highest BCUT2D eigenvalue weighted by Crippen LogP contribution is 2.10. The molecule has 0 fully saturated rings. The number of rotatable bonds is 4. The molecule has 0 aliphatic carbocycles. The molecule has 0 aliphatic rings. The lowest BCUT2D eigenvalue weighted by Gasteiger charge is -2.21. The van der Waals surface area contributed by atoms with Crippen molar-refractivity contribution in [3.63, 3.8) is 0 Å². The van der Waals surface area contributed by atoms with E-state index in [1.807, 2.05) is 0 Å². The first-order chi connectivity index (χ1) is 7.03. The molecule has 0 aliphatic heterocycles. The molecule has 0 saturated carbocycles. The molecule has 0 unspecified atom stereocenters. The van der Waals surface area contributed by atoms with E-state index in [0.29, 0.717) is 6.54 Å². The lowest BCUT2D eigenvalue weighted by Crippen LogP contribution is -2.35. The molecule has 0 saturated heterocycles. The van der Waals surface area contributed by atoms with E-state index in [9.17, 15) is 0 Å². The summed E-state index contributed by atoms with van der Waals surface area (Å²) in [7, 11) is 0. The van der Waals surface area contributed by atoms with Gasteiger partial charge < -0.3 is 11.1 Å². The van der Waals surface area contributed by atoms with Crippen LogP contribution in [0.3, 0.4) is 0 Å². The highest BCUT2D eigenvalue weighted by molar-refractivity contribution is 5.27. The van der Waals surface area contributed by atoms with E-state index in [1.165, 1.54) is 11.1 Å². The van der Waals surface area contributed by atoms with Crippen LogP contribution in [0.2, 0.25) is 0 Å². The summed E-state index contributed by atoms with van der Waals surface area (Å²) in [6, 6.07) is 8.49. The van der Waals surface area contributed by atoms with Crippen LogP contribution in [-0.4, -0.2) is 12.1 Å². The van der Waals surface area contributed by atoms with Crippen molar-refractivity contribution in [1.29, 1.82) is 0 Å². The van der Waals surface area contributed by atoms with Gasteiger partial charge in [-0.15, -0.1) is 0 Å². The van der Waals surface area contributed by atoms with Gasteiger partial charge in [0.15, 0.2) is 0 Å². The van der Waals surface area contributed by atoms with Gasteiger partial charge in [-0.2, -0.15) is 0 Å². The van der Waals surface area contributed by atoms with Crippen LogP contribution in [0.5, 0.6) is 0 Å². The van der Waals surface area contributed by atoms with Crippen LogP contribution in [0, 0.1) is 0 Å². The lowest BCUT2D eigenvalue weighted by molar-refractivity contribution is 0.423. The number of nitrogens with one attached hydrogen (secondary N) is 1. The zero-order valence-corrected chi connectivity index (χ0v) is 10.0. The van der Waals surface area contributed by atoms with E-state index in [-0.39, 0.29) is 5.54 Å². The maximum atomic E-state index is 5.59. The third-order valence-corrected chi connectivity index (χ3v) is 2.34. The third-order valence-electron chi connectivity index (χ3n) is 2.34. The minimum Gasteiger partial charge on any atom is -0.330 e. The van der Waals surface area contributed by atoms with E-state index in [0.717, 1.165) is 13.0 Å². The average Bonchev–Trinajstić information content (AvgIpc) is 2.16. The molecular weight excluding hydrogens is 184 g/mol. The van der Waals surface area contributed by atoms with E-state index < -0.39 is 0 Å². The van der Waals surface area contributed by atoms with Crippen molar-refractivity contribution in [2.75, 3.05) is 6.54 Å². The predicted molar refractivity (Wildman–Crippen MR) is 65.8 cm³/mol. The molecule has 0 radical (unpaired) electrons. The largest absolute Gasteiger partial charge is 0.330 e. The van der Waals surface area contributed by atoms with Gasteiger partial charge in [0.05, 0.1) is 0 Å². The Labute approximate surface area is 92.9 Å². The molecule has 0 bridgehead atoms. The monoisotopic (exact) mass is 206 g/mol. The summed E-state index contributed by atoms with van der Waals surface area (Å²) in [4.78, 5) is 0. The van der Waals surface area contributed by atoms with Crippen LogP contribution in [0.4, 0.5) is 0 Å². The minimum atomic E-state index is 0.163. The SMILES string of the molecule is CC(C)(C)NCc1ccccc1CCN. The summed E-state index contributed by atoms with van der Waals surface area (Å²) in [6.07, 6.45) is 0.960. The second kappa shape index (κ2) is 5.29. The van der Waals surface area contributed by atoms with Gasteiger partial charge in [-0.25, -0.2) is 0 Å². The quantitative estimate of drug-likeness (QED) is 0.791. The molecule has 0 heterocycles. The summed E-state index contributed by atoms with van der Waals surface area (Å²) in [5, 5.41) is 3.50. The van der Waals surface area contributed by atoms with Gasteiger partial charge in [0.25, 0.3) is 0 Å². The van der Waals surface area contributed by atoms with Gasteiger partial charge >= 0.3 is 0 Å². The Balaban J connectivity index is 2.67. The third kappa shape index (κ3) is 4.45. The molecule has 1 aromatic rings. The summed E-state index contributed by atoms with van der Waals surface area (Å²) >= 11 is 0. The van der Waals surface area contributed by atoms with Crippen LogP contribution in [0.1, 0.15) is 31.9 Å². The molecule has 1 aromatic carbocycles. The van der Waals surface area contributed by atoms with E-state index in [4.69, 9.17) is 5.73 Å². The number of benzene rings is 1. The van der Waals surface area contributed by atoms with Gasteiger partial charge in [0.1, 0.15) is 0 Å². The van der Waals surface area contributed by atoms with Crippen molar-refractivity contribution in [2.24, 2.45) is 5.73 Å². The molecule has 0 atom stereocenters. The predicted octanol–water partition coefficient (Wildman–Crippen LogP) is 2.08. The molecule has 0 amide bonds. The van der Waals surface area contributed by atoms with Crippen molar-refractivity contribution >= 4 is 0 Å². The maximum Gasteiger partial charge on any atom is 0.0213 e. The molecule has 2 nitrogen and oxygen atoms in total. The summed E-state index contributed by atoms with van der Waals surface area (Å²) in [6.45, 7) is 8.17. The second-order valence-electron chi connectivity index (χ2n) is 4.91. The second-order valence-corrected chi connectivity index (χ2v) is 4.91. The van der Waals surface area contributed by atoms with Crippen molar-refractivity contribution in [2.45, 2.75) is 39.3 Å². The Morgan fingerprint density at radius 1 is 1.13 bits per heavy atom. The fourth-order valence-corrected chi connectivity index (χ4v) is 1.49. The number of hydrogen-bond acceptors (Lipinski definition) is 2. The first-order valence-electron chi connectivity index (χ1n) is 5.55. The first-order valence-corrected chi connectivity index (χ1v) is 5.55.